The van der Waals surface area contributed by atoms with Crippen LogP contribution in [0.15, 0.2) is 11.6 Å². The molecule has 0 amide bonds. The third kappa shape index (κ3) is 3.17. The number of aliphatic hydroxyl groups excluding tert-OH is 2. The van der Waals surface area contributed by atoms with Crippen molar-refractivity contribution in [1.82, 2.24) is 5.32 Å². The van der Waals surface area contributed by atoms with Crippen LogP contribution >= 0.6 is 0 Å². The molecule has 170 valence electrons. The van der Waals surface area contributed by atoms with Crippen LogP contribution in [0.1, 0.15) is 85.5 Å². The minimum absolute atomic E-state index is 0.126. The number of rotatable bonds is 2. The van der Waals surface area contributed by atoms with Gasteiger partial charge in [0.15, 0.2) is 0 Å². The van der Waals surface area contributed by atoms with Gasteiger partial charge in [0.05, 0.1) is 12.2 Å². The number of allylic oxidation sites excluding steroid dienone is 1. The summed E-state index contributed by atoms with van der Waals surface area (Å²) < 4.78 is 0. The molecular weight excluding hydrogens is 370 g/mol. The molecule has 11 atom stereocenters. The predicted molar refractivity (Wildman–Crippen MR) is 122 cm³/mol. The fraction of sp³-hybridized carbons (Fsp3) is 0.926. The number of hydrogen-bond donors (Lipinski definition) is 3. The van der Waals surface area contributed by atoms with Crippen LogP contribution in [0.3, 0.4) is 0 Å². The van der Waals surface area contributed by atoms with Crippen molar-refractivity contribution in [3.8, 4) is 0 Å². The van der Waals surface area contributed by atoms with Crippen LogP contribution in [0.25, 0.3) is 0 Å². The molecular formula is C27H45NO2. The van der Waals surface area contributed by atoms with E-state index in [4.69, 9.17) is 0 Å². The van der Waals surface area contributed by atoms with Gasteiger partial charge in [-0.15, -0.1) is 0 Å². The lowest BCUT2D eigenvalue weighted by atomic mass is 9.47. The number of fused-ring (bicyclic) bond motifs is 5. The lowest BCUT2D eigenvalue weighted by molar-refractivity contribution is -0.0655. The van der Waals surface area contributed by atoms with Crippen LogP contribution in [-0.4, -0.2) is 35.0 Å². The Hall–Kier alpha value is -0.380. The molecule has 3 N–H and O–H groups in total. The molecule has 1 heterocycles. The zero-order chi connectivity index (χ0) is 21.3. The maximum absolute atomic E-state index is 11.4. The van der Waals surface area contributed by atoms with E-state index in [1.807, 2.05) is 0 Å². The van der Waals surface area contributed by atoms with Crippen LogP contribution in [0.2, 0.25) is 0 Å². The first kappa shape index (κ1) is 21.5. The molecule has 0 radical (unpaired) electrons. The van der Waals surface area contributed by atoms with Crippen molar-refractivity contribution >= 4 is 0 Å². The van der Waals surface area contributed by atoms with Crippen molar-refractivity contribution < 1.29 is 10.2 Å². The second-order valence-electron chi connectivity index (χ2n) is 12.6. The molecule has 5 rings (SSSR count). The Morgan fingerprint density at radius 2 is 1.87 bits per heavy atom. The average Bonchev–Trinajstić information content (AvgIpc) is 2.98. The molecule has 0 aromatic heterocycles. The van der Waals surface area contributed by atoms with Crippen LogP contribution in [0.5, 0.6) is 0 Å². The van der Waals surface area contributed by atoms with Crippen LogP contribution < -0.4 is 5.32 Å². The molecule has 1 saturated heterocycles. The van der Waals surface area contributed by atoms with E-state index >= 15 is 0 Å². The van der Waals surface area contributed by atoms with Gasteiger partial charge in [0.25, 0.3) is 0 Å². The van der Waals surface area contributed by atoms with Crippen LogP contribution in [0, 0.1) is 46.3 Å². The third-order valence-corrected chi connectivity index (χ3v) is 11.1. The molecule has 0 aromatic rings. The zero-order valence-corrected chi connectivity index (χ0v) is 19.7. The number of hydrogen-bond acceptors (Lipinski definition) is 3. The Kier molecular flexibility index (Phi) is 5.43. The van der Waals surface area contributed by atoms with Gasteiger partial charge in [-0.3, -0.25) is 0 Å². The first-order valence-corrected chi connectivity index (χ1v) is 13.0. The first-order valence-electron chi connectivity index (χ1n) is 13.0. The SMILES string of the molecule is C[C@H]1CC[C@H]([C@@H](C)[C@H]2C(O)C[C@H]3[C@@H]4CC=C5CC(O)CC[C@]5(C)[C@H]4CC[C@]23C)NC1. The van der Waals surface area contributed by atoms with Crippen molar-refractivity contribution in [3.05, 3.63) is 11.6 Å². The van der Waals surface area contributed by atoms with E-state index in [1.54, 1.807) is 5.57 Å². The van der Waals surface area contributed by atoms with Gasteiger partial charge in [-0.25, -0.2) is 0 Å². The lowest BCUT2D eigenvalue weighted by Gasteiger charge is -2.58. The Labute approximate surface area is 184 Å². The van der Waals surface area contributed by atoms with Gasteiger partial charge < -0.3 is 15.5 Å². The number of aliphatic hydroxyl groups is 2. The smallest absolute Gasteiger partial charge is 0.0579 e. The summed E-state index contributed by atoms with van der Waals surface area (Å²) >= 11 is 0. The van der Waals surface area contributed by atoms with E-state index in [-0.39, 0.29) is 17.6 Å². The Bertz CT molecular complexity index is 682. The summed E-state index contributed by atoms with van der Waals surface area (Å²) in [7, 11) is 0. The molecule has 3 heteroatoms. The van der Waals surface area contributed by atoms with Crippen molar-refractivity contribution in [2.45, 2.75) is 104 Å². The highest BCUT2D eigenvalue weighted by Gasteiger charge is 2.62. The lowest BCUT2D eigenvalue weighted by Crippen LogP contribution is -2.53. The van der Waals surface area contributed by atoms with Crippen LogP contribution in [-0.2, 0) is 0 Å². The maximum atomic E-state index is 11.4. The van der Waals surface area contributed by atoms with Gasteiger partial charge in [-0.2, -0.15) is 0 Å². The Morgan fingerprint density at radius 3 is 2.60 bits per heavy atom. The van der Waals surface area contributed by atoms with Gasteiger partial charge in [0.2, 0.25) is 0 Å². The molecule has 3 saturated carbocycles. The van der Waals surface area contributed by atoms with Crippen molar-refractivity contribution in [2.24, 2.45) is 46.3 Å². The van der Waals surface area contributed by atoms with Gasteiger partial charge in [0, 0.05) is 6.04 Å². The third-order valence-electron chi connectivity index (χ3n) is 11.1. The highest BCUT2D eigenvalue weighted by Crippen LogP contribution is 2.67. The van der Waals surface area contributed by atoms with Crippen molar-refractivity contribution in [2.75, 3.05) is 6.54 Å². The summed E-state index contributed by atoms with van der Waals surface area (Å²) in [5.41, 5.74) is 2.12. The quantitative estimate of drug-likeness (QED) is 0.561. The summed E-state index contributed by atoms with van der Waals surface area (Å²) in [5, 5.41) is 25.5. The van der Waals surface area contributed by atoms with E-state index in [2.05, 4.69) is 39.1 Å². The van der Waals surface area contributed by atoms with Crippen LogP contribution in [0.4, 0.5) is 0 Å². The molecule has 0 aromatic carbocycles. The summed E-state index contributed by atoms with van der Waals surface area (Å²) in [6, 6.07) is 0.573. The molecule has 30 heavy (non-hydrogen) atoms. The largest absolute Gasteiger partial charge is 0.393 e. The molecule has 1 aliphatic heterocycles. The van der Waals surface area contributed by atoms with Gasteiger partial charge in [-0.05, 0) is 111 Å². The summed E-state index contributed by atoms with van der Waals surface area (Å²) in [4.78, 5) is 0. The molecule has 3 nitrogen and oxygen atoms in total. The number of nitrogens with one attached hydrogen (secondary N) is 1. The molecule has 4 aliphatic carbocycles. The molecule has 0 spiro atoms. The maximum Gasteiger partial charge on any atom is 0.0579 e. The highest BCUT2D eigenvalue weighted by molar-refractivity contribution is 5.25. The standard InChI is InChI=1S/C27H45NO2/c1-16-5-8-23(28-15-16)17(2)25-24(30)14-22-20-7-6-18-13-19(29)9-11-26(18,3)21(20)10-12-27(22,25)4/h6,16-17,19-25,28-30H,5,7-15H2,1-4H3/t16-,17+,19?,20+,21-,22-,23+,24?,25-,26-,27-/m0/s1. The van der Waals surface area contributed by atoms with E-state index in [9.17, 15) is 10.2 Å². The number of piperidine rings is 1. The minimum atomic E-state index is -0.138. The Morgan fingerprint density at radius 1 is 1.07 bits per heavy atom. The van der Waals surface area contributed by atoms with Gasteiger partial charge >= 0.3 is 0 Å². The second kappa shape index (κ2) is 7.59. The zero-order valence-electron chi connectivity index (χ0n) is 19.7. The van der Waals surface area contributed by atoms with E-state index in [0.717, 1.165) is 50.0 Å². The summed E-state index contributed by atoms with van der Waals surface area (Å²) in [6.45, 7) is 11.0. The minimum Gasteiger partial charge on any atom is -0.393 e. The summed E-state index contributed by atoms with van der Waals surface area (Å²) in [6.07, 6.45) is 12.6. The van der Waals surface area contributed by atoms with E-state index < -0.39 is 0 Å². The van der Waals surface area contributed by atoms with E-state index in [0.29, 0.717) is 29.2 Å². The van der Waals surface area contributed by atoms with Crippen molar-refractivity contribution in [3.63, 3.8) is 0 Å². The monoisotopic (exact) mass is 415 g/mol. The normalized spacial score (nSPS) is 54.5. The fourth-order valence-corrected chi connectivity index (χ4v) is 9.36. The molecule has 5 aliphatic rings. The Balaban J connectivity index is 1.39. The fourth-order valence-electron chi connectivity index (χ4n) is 9.36. The first-order chi connectivity index (χ1) is 14.2. The molecule has 0 bridgehead atoms. The van der Waals surface area contributed by atoms with Gasteiger partial charge in [-0.1, -0.05) is 39.3 Å². The predicted octanol–water partition coefficient (Wildman–Crippen LogP) is 4.92. The second-order valence-corrected chi connectivity index (χ2v) is 12.6. The van der Waals surface area contributed by atoms with E-state index in [1.165, 1.54) is 32.1 Å². The summed E-state index contributed by atoms with van der Waals surface area (Å²) in [5.74, 6) is 3.90. The molecule has 2 unspecified atom stereocenters. The van der Waals surface area contributed by atoms with Gasteiger partial charge in [0.1, 0.15) is 0 Å². The highest BCUT2D eigenvalue weighted by atomic mass is 16.3. The van der Waals surface area contributed by atoms with Crippen molar-refractivity contribution in [1.29, 1.82) is 0 Å². The topological polar surface area (TPSA) is 52.5 Å². The molecule has 4 fully saturated rings. The average molecular weight is 416 g/mol.